The molecule has 1 amide bonds. The number of para-hydroxylation sites is 2. The van der Waals surface area contributed by atoms with Crippen molar-refractivity contribution < 1.29 is 4.79 Å². The van der Waals surface area contributed by atoms with Gasteiger partial charge in [-0.05, 0) is 36.7 Å². The van der Waals surface area contributed by atoms with Gasteiger partial charge in [-0.15, -0.1) is 0 Å². The Morgan fingerprint density at radius 2 is 1.74 bits per heavy atom. The van der Waals surface area contributed by atoms with Gasteiger partial charge in [0.05, 0.1) is 11.0 Å². The number of amides is 1. The summed E-state index contributed by atoms with van der Waals surface area (Å²) in [6.07, 6.45) is 2.33. The number of nitrogens with zero attached hydrogens (tertiary/aromatic N) is 4. The topological polar surface area (TPSA) is 41.4 Å². The molecular formula is C25H31ClN4O. The van der Waals surface area contributed by atoms with Gasteiger partial charge in [-0.3, -0.25) is 4.79 Å². The second kappa shape index (κ2) is 9.84. The lowest BCUT2D eigenvalue weighted by Gasteiger charge is -2.36. The molecule has 6 heteroatoms. The van der Waals surface area contributed by atoms with Crippen molar-refractivity contribution in [3.8, 4) is 0 Å². The van der Waals surface area contributed by atoms with Crippen LogP contribution in [0.1, 0.15) is 44.1 Å². The van der Waals surface area contributed by atoms with Crippen LogP contribution in [0.3, 0.4) is 0 Å². The fourth-order valence-corrected chi connectivity index (χ4v) is 4.71. The molecule has 0 bridgehead atoms. The number of aromatic nitrogens is 2. The zero-order valence-electron chi connectivity index (χ0n) is 18.4. The van der Waals surface area contributed by atoms with E-state index in [2.05, 4.69) is 29.4 Å². The third-order valence-corrected chi connectivity index (χ3v) is 6.63. The predicted octanol–water partition coefficient (Wildman–Crippen LogP) is 4.79. The van der Waals surface area contributed by atoms with Crippen molar-refractivity contribution in [1.29, 1.82) is 0 Å². The lowest BCUT2D eigenvalue weighted by molar-refractivity contribution is -0.136. The molecule has 1 aliphatic rings. The highest BCUT2D eigenvalue weighted by Crippen LogP contribution is 2.29. The number of imidazole rings is 1. The summed E-state index contributed by atoms with van der Waals surface area (Å²) in [4.78, 5) is 23.1. The van der Waals surface area contributed by atoms with E-state index >= 15 is 0 Å². The Hall–Kier alpha value is -2.37. The van der Waals surface area contributed by atoms with Gasteiger partial charge >= 0.3 is 0 Å². The number of hydrogen-bond acceptors (Lipinski definition) is 3. The maximum atomic E-state index is 13.7. The molecule has 4 rings (SSSR count). The minimum Gasteiger partial charge on any atom is -0.338 e. The fourth-order valence-electron chi connectivity index (χ4n) is 4.51. The van der Waals surface area contributed by atoms with E-state index in [0.717, 1.165) is 73.0 Å². The Morgan fingerprint density at radius 3 is 2.45 bits per heavy atom. The fraction of sp³-hybridized carbons (Fsp3) is 0.440. The first-order valence-electron chi connectivity index (χ1n) is 11.3. The van der Waals surface area contributed by atoms with Crippen molar-refractivity contribution in [2.45, 2.75) is 39.2 Å². The van der Waals surface area contributed by atoms with Gasteiger partial charge in [-0.25, -0.2) is 4.98 Å². The van der Waals surface area contributed by atoms with Crippen LogP contribution in [0.15, 0.2) is 48.5 Å². The zero-order chi connectivity index (χ0) is 21.8. The summed E-state index contributed by atoms with van der Waals surface area (Å²) in [6.45, 7) is 8.82. The summed E-state index contributed by atoms with van der Waals surface area (Å²) in [7, 11) is 0. The second-order valence-corrected chi connectivity index (χ2v) is 8.63. The van der Waals surface area contributed by atoms with Gasteiger partial charge in [-0.2, -0.15) is 0 Å². The monoisotopic (exact) mass is 438 g/mol. The van der Waals surface area contributed by atoms with Crippen molar-refractivity contribution in [3.05, 3.63) is 64.9 Å². The normalized spacial score (nSPS) is 16.0. The summed E-state index contributed by atoms with van der Waals surface area (Å²) < 4.78 is 2.18. The molecule has 1 unspecified atom stereocenters. The van der Waals surface area contributed by atoms with Crippen LogP contribution in [0.4, 0.5) is 0 Å². The smallest absolute Gasteiger partial charge is 0.245 e. The van der Waals surface area contributed by atoms with Crippen LogP contribution in [0.5, 0.6) is 0 Å². The van der Waals surface area contributed by atoms with Crippen molar-refractivity contribution >= 4 is 28.5 Å². The second-order valence-electron chi connectivity index (χ2n) is 8.22. The molecule has 1 aromatic heterocycles. The molecule has 3 aromatic rings. The molecule has 0 saturated carbocycles. The van der Waals surface area contributed by atoms with Crippen LogP contribution in [-0.4, -0.2) is 58.0 Å². The Morgan fingerprint density at radius 1 is 1.03 bits per heavy atom. The van der Waals surface area contributed by atoms with E-state index in [-0.39, 0.29) is 11.9 Å². The summed E-state index contributed by atoms with van der Waals surface area (Å²) in [6, 6.07) is 15.7. The maximum absolute atomic E-state index is 13.7. The average molecular weight is 439 g/mol. The predicted molar refractivity (Wildman–Crippen MR) is 127 cm³/mol. The standard InChI is InChI=1S/C25H31ClN4O/c1-3-9-23(25(31)29-16-14-28(4-2)15-17-29)30-22-13-8-7-12-21(22)27-24(30)18-19-10-5-6-11-20(19)26/h5-8,10-13,23H,3-4,9,14-18H2,1-2H3. The summed E-state index contributed by atoms with van der Waals surface area (Å²) in [5.74, 6) is 1.11. The lowest BCUT2D eigenvalue weighted by Crippen LogP contribution is -2.50. The van der Waals surface area contributed by atoms with Crippen LogP contribution < -0.4 is 0 Å². The van der Waals surface area contributed by atoms with Crippen molar-refractivity contribution in [3.63, 3.8) is 0 Å². The average Bonchev–Trinajstić information content (AvgIpc) is 3.16. The van der Waals surface area contributed by atoms with Gasteiger partial charge in [0, 0.05) is 37.6 Å². The minimum absolute atomic E-state index is 0.209. The Balaban J connectivity index is 1.72. The van der Waals surface area contributed by atoms with Crippen LogP contribution in [0.25, 0.3) is 11.0 Å². The molecular weight excluding hydrogens is 408 g/mol. The van der Waals surface area contributed by atoms with E-state index in [1.54, 1.807) is 0 Å². The summed E-state index contributed by atoms with van der Waals surface area (Å²) in [5.41, 5.74) is 2.97. The quantitative estimate of drug-likeness (QED) is 0.532. The van der Waals surface area contributed by atoms with E-state index in [1.165, 1.54) is 0 Å². The molecule has 2 heterocycles. The van der Waals surface area contributed by atoms with Crippen LogP contribution in [0, 0.1) is 0 Å². The molecule has 0 radical (unpaired) electrons. The van der Waals surface area contributed by atoms with E-state index < -0.39 is 0 Å². The number of likely N-dealkylation sites (N-methyl/N-ethyl adjacent to an activating group) is 1. The molecule has 31 heavy (non-hydrogen) atoms. The van der Waals surface area contributed by atoms with Gasteiger partial charge < -0.3 is 14.4 Å². The van der Waals surface area contributed by atoms with Crippen LogP contribution in [0.2, 0.25) is 5.02 Å². The SMILES string of the molecule is CCCC(C(=O)N1CCN(CC)CC1)n1c(Cc2ccccc2Cl)nc2ccccc21. The van der Waals surface area contributed by atoms with E-state index in [9.17, 15) is 4.79 Å². The van der Waals surface area contributed by atoms with Crippen molar-refractivity contribution in [2.24, 2.45) is 0 Å². The highest BCUT2D eigenvalue weighted by Gasteiger charge is 2.30. The van der Waals surface area contributed by atoms with Crippen LogP contribution >= 0.6 is 11.6 Å². The molecule has 1 saturated heterocycles. The van der Waals surface area contributed by atoms with Crippen molar-refractivity contribution in [1.82, 2.24) is 19.4 Å². The molecule has 0 aliphatic carbocycles. The molecule has 1 aliphatic heterocycles. The molecule has 0 N–H and O–H groups in total. The van der Waals surface area contributed by atoms with Gasteiger partial charge in [0.2, 0.25) is 5.91 Å². The summed E-state index contributed by atoms with van der Waals surface area (Å²) >= 11 is 6.46. The highest BCUT2D eigenvalue weighted by molar-refractivity contribution is 6.31. The molecule has 1 fully saturated rings. The van der Waals surface area contributed by atoms with E-state index in [1.807, 2.05) is 47.4 Å². The Kier molecular flexibility index (Phi) is 6.93. The van der Waals surface area contributed by atoms with E-state index in [4.69, 9.17) is 16.6 Å². The number of halogens is 1. The first-order chi connectivity index (χ1) is 15.1. The van der Waals surface area contributed by atoms with Crippen LogP contribution in [-0.2, 0) is 11.2 Å². The largest absolute Gasteiger partial charge is 0.338 e. The number of fused-ring (bicyclic) bond motifs is 1. The first kappa shape index (κ1) is 21.8. The minimum atomic E-state index is -0.247. The van der Waals surface area contributed by atoms with Gasteiger partial charge in [0.25, 0.3) is 0 Å². The number of rotatable bonds is 7. The molecule has 164 valence electrons. The Labute approximate surface area is 189 Å². The number of hydrogen-bond donors (Lipinski definition) is 0. The molecule has 1 atom stereocenters. The van der Waals surface area contributed by atoms with Gasteiger partial charge in [0.15, 0.2) is 0 Å². The third-order valence-electron chi connectivity index (χ3n) is 6.27. The highest BCUT2D eigenvalue weighted by atomic mass is 35.5. The van der Waals surface area contributed by atoms with E-state index in [0.29, 0.717) is 6.42 Å². The summed E-state index contributed by atoms with van der Waals surface area (Å²) in [5, 5.41) is 0.732. The first-order valence-corrected chi connectivity index (χ1v) is 11.7. The number of carbonyl (C=O) groups is 1. The Bertz CT molecular complexity index is 1040. The third kappa shape index (κ3) is 4.63. The maximum Gasteiger partial charge on any atom is 0.245 e. The molecule has 0 spiro atoms. The zero-order valence-corrected chi connectivity index (χ0v) is 19.2. The molecule has 5 nitrogen and oxygen atoms in total. The van der Waals surface area contributed by atoms with Crippen molar-refractivity contribution in [2.75, 3.05) is 32.7 Å². The molecule has 2 aromatic carbocycles. The number of benzene rings is 2. The lowest BCUT2D eigenvalue weighted by atomic mass is 10.1. The van der Waals surface area contributed by atoms with Gasteiger partial charge in [0.1, 0.15) is 11.9 Å². The van der Waals surface area contributed by atoms with Gasteiger partial charge in [-0.1, -0.05) is 62.2 Å². The number of carbonyl (C=O) groups excluding carboxylic acids is 1. The number of piperazine rings is 1.